The predicted molar refractivity (Wildman–Crippen MR) is 51.5 cm³/mol. The van der Waals surface area contributed by atoms with Crippen molar-refractivity contribution in [1.29, 1.82) is 0 Å². The molecule has 0 saturated carbocycles. The number of halogens is 2. The number of hydrogen-bond acceptors (Lipinski definition) is 1. The van der Waals surface area contributed by atoms with Crippen LogP contribution >= 0.6 is 11.6 Å². The van der Waals surface area contributed by atoms with E-state index in [0.29, 0.717) is 10.6 Å². The minimum atomic E-state index is -0.588. The summed E-state index contributed by atoms with van der Waals surface area (Å²) in [7, 11) is 0. The molecule has 0 saturated heterocycles. The van der Waals surface area contributed by atoms with Gasteiger partial charge in [-0.2, -0.15) is 0 Å². The van der Waals surface area contributed by atoms with E-state index in [1.165, 1.54) is 12.1 Å². The molecule has 0 spiro atoms. The van der Waals surface area contributed by atoms with Crippen LogP contribution in [0.25, 0.3) is 0 Å². The van der Waals surface area contributed by atoms with Gasteiger partial charge in [0.05, 0.1) is 6.61 Å². The Labute approximate surface area is 82.2 Å². The Morgan fingerprint density at radius 2 is 2.08 bits per heavy atom. The second kappa shape index (κ2) is 3.64. The summed E-state index contributed by atoms with van der Waals surface area (Å²) in [4.78, 5) is 0. The Balaban J connectivity index is 3.20. The summed E-state index contributed by atoms with van der Waals surface area (Å²) in [6.45, 7) is 3.42. The van der Waals surface area contributed by atoms with Crippen LogP contribution in [0.2, 0.25) is 5.02 Å². The minimum absolute atomic E-state index is 0.107. The molecular formula is C10H12ClFO. The highest BCUT2D eigenvalue weighted by Gasteiger charge is 2.23. The van der Waals surface area contributed by atoms with Crippen LogP contribution in [-0.2, 0) is 5.41 Å². The van der Waals surface area contributed by atoms with E-state index in [4.69, 9.17) is 16.7 Å². The van der Waals surface area contributed by atoms with Crippen molar-refractivity contribution in [1.82, 2.24) is 0 Å². The van der Waals surface area contributed by atoms with E-state index in [9.17, 15) is 4.39 Å². The van der Waals surface area contributed by atoms with Gasteiger partial charge in [-0.05, 0) is 23.8 Å². The largest absolute Gasteiger partial charge is 0.395 e. The Bertz CT molecular complexity index is 310. The molecule has 1 aromatic rings. The maximum absolute atomic E-state index is 13.3. The molecule has 0 aromatic heterocycles. The predicted octanol–water partition coefficient (Wildman–Crippen LogP) is 2.75. The van der Waals surface area contributed by atoms with Gasteiger partial charge in [-0.3, -0.25) is 0 Å². The molecule has 1 rings (SSSR count). The lowest BCUT2D eigenvalue weighted by Crippen LogP contribution is -2.23. The van der Waals surface area contributed by atoms with Crippen molar-refractivity contribution < 1.29 is 9.50 Å². The summed E-state index contributed by atoms with van der Waals surface area (Å²) < 4.78 is 13.3. The lowest BCUT2D eigenvalue weighted by molar-refractivity contribution is 0.215. The van der Waals surface area contributed by atoms with Gasteiger partial charge >= 0.3 is 0 Å². The zero-order valence-electron chi connectivity index (χ0n) is 7.64. The van der Waals surface area contributed by atoms with Gasteiger partial charge in [0.1, 0.15) is 5.82 Å². The Hall–Kier alpha value is -0.600. The van der Waals surface area contributed by atoms with Gasteiger partial charge in [0.2, 0.25) is 0 Å². The minimum Gasteiger partial charge on any atom is -0.395 e. The lowest BCUT2D eigenvalue weighted by atomic mass is 9.85. The molecule has 0 heterocycles. The summed E-state index contributed by atoms with van der Waals surface area (Å²) in [6, 6.07) is 4.36. The van der Waals surface area contributed by atoms with Crippen LogP contribution in [0.5, 0.6) is 0 Å². The Morgan fingerprint density at radius 3 is 2.62 bits per heavy atom. The van der Waals surface area contributed by atoms with Gasteiger partial charge < -0.3 is 5.11 Å². The van der Waals surface area contributed by atoms with Gasteiger partial charge in [-0.15, -0.1) is 0 Å². The number of hydrogen-bond donors (Lipinski definition) is 1. The molecule has 72 valence electrons. The van der Waals surface area contributed by atoms with Crippen molar-refractivity contribution in [2.45, 2.75) is 19.3 Å². The molecule has 0 unspecified atom stereocenters. The molecule has 0 fully saturated rings. The van der Waals surface area contributed by atoms with Crippen molar-refractivity contribution in [3.05, 3.63) is 34.6 Å². The van der Waals surface area contributed by atoms with Crippen LogP contribution < -0.4 is 0 Å². The second-order valence-electron chi connectivity index (χ2n) is 3.67. The summed E-state index contributed by atoms with van der Waals surface area (Å²) in [6.07, 6.45) is 0. The Kier molecular flexibility index (Phi) is 2.94. The summed E-state index contributed by atoms with van der Waals surface area (Å²) in [5, 5.41) is 9.54. The van der Waals surface area contributed by atoms with Crippen molar-refractivity contribution in [3.8, 4) is 0 Å². The van der Waals surface area contributed by atoms with E-state index in [-0.39, 0.29) is 12.4 Å². The maximum Gasteiger partial charge on any atom is 0.127 e. The fourth-order valence-corrected chi connectivity index (χ4v) is 1.27. The average Bonchev–Trinajstić information content (AvgIpc) is 2.09. The van der Waals surface area contributed by atoms with Crippen LogP contribution in [0, 0.1) is 5.82 Å². The Morgan fingerprint density at radius 1 is 1.46 bits per heavy atom. The third-order valence-electron chi connectivity index (χ3n) is 2.05. The standard InChI is InChI=1S/C10H12ClFO/c1-10(2,6-13)8-5-7(11)3-4-9(8)12/h3-5,13H,6H2,1-2H3. The first-order valence-corrected chi connectivity index (χ1v) is 4.41. The normalized spacial score (nSPS) is 11.8. The summed E-state index contributed by atoms with van der Waals surface area (Å²) in [5.74, 6) is -0.330. The monoisotopic (exact) mass is 202 g/mol. The van der Waals surface area contributed by atoms with E-state index in [1.54, 1.807) is 19.9 Å². The lowest BCUT2D eigenvalue weighted by Gasteiger charge is -2.22. The molecule has 13 heavy (non-hydrogen) atoms. The van der Waals surface area contributed by atoms with E-state index < -0.39 is 5.41 Å². The molecule has 1 N–H and O–H groups in total. The molecule has 3 heteroatoms. The summed E-state index contributed by atoms with van der Waals surface area (Å²) >= 11 is 5.73. The highest BCUT2D eigenvalue weighted by Crippen LogP contribution is 2.27. The average molecular weight is 203 g/mol. The number of rotatable bonds is 2. The van der Waals surface area contributed by atoms with E-state index in [0.717, 1.165) is 0 Å². The third kappa shape index (κ3) is 2.20. The van der Waals surface area contributed by atoms with Crippen LogP contribution in [-0.4, -0.2) is 11.7 Å². The highest BCUT2D eigenvalue weighted by atomic mass is 35.5. The molecule has 0 aliphatic heterocycles. The summed E-state index contributed by atoms with van der Waals surface area (Å²) in [5.41, 5.74) is -0.142. The van der Waals surface area contributed by atoms with Gasteiger partial charge in [0, 0.05) is 10.4 Å². The fourth-order valence-electron chi connectivity index (χ4n) is 1.10. The molecule has 0 aliphatic rings. The fraction of sp³-hybridized carbons (Fsp3) is 0.400. The van der Waals surface area contributed by atoms with Gasteiger partial charge in [-0.1, -0.05) is 25.4 Å². The molecule has 0 bridgehead atoms. The molecule has 0 radical (unpaired) electrons. The number of aliphatic hydroxyl groups is 1. The zero-order valence-corrected chi connectivity index (χ0v) is 8.40. The van der Waals surface area contributed by atoms with E-state index >= 15 is 0 Å². The smallest absolute Gasteiger partial charge is 0.127 e. The maximum atomic E-state index is 13.3. The second-order valence-corrected chi connectivity index (χ2v) is 4.10. The van der Waals surface area contributed by atoms with Gasteiger partial charge in [0.25, 0.3) is 0 Å². The molecule has 0 amide bonds. The van der Waals surface area contributed by atoms with Crippen LogP contribution in [0.1, 0.15) is 19.4 Å². The number of aliphatic hydroxyl groups excluding tert-OH is 1. The van der Waals surface area contributed by atoms with Crippen LogP contribution in [0.15, 0.2) is 18.2 Å². The van der Waals surface area contributed by atoms with Crippen molar-refractivity contribution in [3.63, 3.8) is 0 Å². The molecule has 1 nitrogen and oxygen atoms in total. The SMILES string of the molecule is CC(C)(CO)c1cc(Cl)ccc1F. The zero-order chi connectivity index (χ0) is 10.1. The first-order valence-electron chi connectivity index (χ1n) is 4.04. The highest BCUT2D eigenvalue weighted by molar-refractivity contribution is 6.30. The third-order valence-corrected chi connectivity index (χ3v) is 2.29. The van der Waals surface area contributed by atoms with Crippen molar-refractivity contribution in [2.75, 3.05) is 6.61 Å². The van der Waals surface area contributed by atoms with Crippen molar-refractivity contribution in [2.24, 2.45) is 0 Å². The molecule has 0 aliphatic carbocycles. The van der Waals surface area contributed by atoms with E-state index in [2.05, 4.69) is 0 Å². The van der Waals surface area contributed by atoms with Crippen molar-refractivity contribution >= 4 is 11.6 Å². The van der Waals surface area contributed by atoms with E-state index in [1.807, 2.05) is 0 Å². The number of benzene rings is 1. The molecular weight excluding hydrogens is 191 g/mol. The first kappa shape index (κ1) is 10.5. The van der Waals surface area contributed by atoms with Crippen LogP contribution in [0.4, 0.5) is 4.39 Å². The van der Waals surface area contributed by atoms with Crippen LogP contribution in [0.3, 0.4) is 0 Å². The topological polar surface area (TPSA) is 20.2 Å². The van der Waals surface area contributed by atoms with Gasteiger partial charge in [0.15, 0.2) is 0 Å². The molecule has 1 aromatic carbocycles. The van der Waals surface area contributed by atoms with Gasteiger partial charge in [-0.25, -0.2) is 4.39 Å². The first-order chi connectivity index (χ1) is 5.97. The quantitative estimate of drug-likeness (QED) is 0.782. The molecule has 0 atom stereocenters.